The summed E-state index contributed by atoms with van der Waals surface area (Å²) in [6.45, 7) is 8.30. The van der Waals surface area contributed by atoms with E-state index in [0.29, 0.717) is 0 Å². The Hall–Kier alpha value is -0.510. The van der Waals surface area contributed by atoms with Crippen molar-refractivity contribution in [1.29, 1.82) is 5.26 Å². The van der Waals surface area contributed by atoms with E-state index in [-0.39, 0.29) is 0 Å². The van der Waals surface area contributed by atoms with Gasteiger partial charge in [0.05, 0.1) is 0 Å². The van der Waals surface area contributed by atoms with Gasteiger partial charge in [-0.25, -0.2) is 5.26 Å². The number of nitriles is 1. The predicted octanol–water partition coefficient (Wildman–Crippen LogP) is 4.68. The minimum absolute atomic E-state index is 0.730. The Morgan fingerprint density at radius 1 is 1.07 bits per heavy atom. The maximum absolute atomic E-state index is 6.50. The number of hydrogen-bond donors (Lipinski definition) is 0. The molecule has 82 valence electrons. The van der Waals surface area contributed by atoms with E-state index >= 15 is 0 Å². The van der Waals surface area contributed by atoms with Gasteiger partial charge >= 0.3 is 0 Å². The van der Waals surface area contributed by atoms with Gasteiger partial charge in [-0.15, -0.1) is 0 Å². The van der Waals surface area contributed by atoms with E-state index in [1.807, 2.05) is 0 Å². The summed E-state index contributed by atoms with van der Waals surface area (Å²) in [6.07, 6.45) is 13.2. The SMILES string of the molecule is C#N.CCCCCC1(C)CCCCC1. The molecular formula is C13H25N. The monoisotopic (exact) mass is 195 g/mol. The van der Waals surface area contributed by atoms with Crippen LogP contribution in [-0.2, 0) is 0 Å². The van der Waals surface area contributed by atoms with Crippen molar-refractivity contribution in [3.8, 4) is 6.57 Å². The molecule has 0 aromatic rings. The first-order chi connectivity index (χ1) is 6.77. The molecule has 1 nitrogen and oxygen atoms in total. The average molecular weight is 195 g/mol. The van der Waals surface area contributed by atoms with Gasteiger partial charge in [0.15, 0.2) is 0 Å². The predicted molar refractivity (Wildman–Crippen MR) is 62.0 cm³/mol. The summed E-state index contributed by atoms with van der Waals surface area (Å²) in [6, 6.07) is 0. The van der Waals surface area contributed by atoms with E-state index < -0.39 is 0 Å². The largest absolute Gasteiger partial charge is 0.202 e. The lowest BCUT2D eigenvalue weighted by molar-refractivity contribution is 0.193. The van der Waals surface area contributed by atoms with Crippen LogP contribution < -0.4 is 0 Å². The van der Waals surface area contributed by atoms with Crippen molar-refractivity contribution in [1.82, 2.24) is 0 Å². The lowest BCUT2D eigenvalue weighted by Crippen LogP contribution is -2.19. The molecule has 1 aliphatic rings. The van der Waals surface area contributed by atoms with Crippen molar-refractivity contribution in [2.24, 2.45) is 5.41 Å². The first kappa shape index (κ1) is 13.5. The first-order valence-corrected chi connectivity index (χ1v) is 6.03. The summed E-state index contributed by atoms with van der Waals surface area (Å²) < 4.78 is 0. The highest BCUT2D eigenvalue weighted by Crippen LogP contribution is 2.39. The molecule has 0 atom stereocenters. The molecule has 0 amide bonds. The normalized spacial score (nSPS) is 19.4. The molecule has 1 fully saturated rings. The summed E-state index contributed by atoms with van der Waals surface area (Å²) in [5, 5.41) is 6.50. The van der Waals surface area contributed by atoms with E-state index in [9.17, 15) is 0 Å². The highest BCUT2D eigenvalue weighted by Gasteiger charge is 2.25. The van der Waals surface area contributed by atoms with Crippen molar-refractivity contribution in [3.05, 3.63) is 0 Å². The van der Waals surface area contributed by atoms with E-state index in [2.05, 4.69) is 20.4 Å². The molecule has 1 saturated carbocycles. The maximum atomic E-state index is 6.50. The standard InChI is InChI=1S/C12H24.CHN/c1-3-4-6-9-12(2)10-7-5-8-11-12;1-2/h3-11H2,1-2H3;1H. The van der Waals surface area contributed by atoms with Gasteiger partial charge < -0.3 is 0 Å². The molecule has 0 aromatic carbocycles. The second-order valence-electron chi connectivity index (χ2n) is 4.83. The first-order valence-electron chi connectivity index (χ1n) is 6.03. The van der Waals surface area contributed by atoms with Crippen LogP contribution in [0.2, 0.25) is 0 Å². The molecule has 0 bridgehead atoms. The van der Waals surface area contributed by atoms with Crippen molar-refractivity contribution < 1.29 is 0 Å². The van der Waals surface area contributed by atoms with Crippen LogP contribution in [0, 0.1) is 17.2 Å². The van der Waals surface area contributed by atoms with Crippen LogP contribution >= 0.6 is 0 Å². The molecule has 0 saturated heterocycles. The lowest BCUT2D eigenvalue weighted by atomic mass is 9.72. The second-order valence-corrected chi connectivity index (χ2v) is 4.83. The van der Waals surface area contributed by atoms with Crippen LogP contribution in [0.5, 0.6) is 0 Å². The summed E-state index contributed by atoms with van der Waals surface area (Å²) in [5.41, 5.74) is 0.730. The fourth-order valence-electron chi connectivity index (χ4n) is 2.46. The molecule has 1 rings (SSSR count). The Morgan fingerprint density at radius 2 is 1.64 bits per heavy atom. The molecule has 1 aliphatic carbocycles. The van der Waals surface area contributed by atoms with Gasteiger partial charge in [-0.1, -0.05) is 52.4 Å². The van der Waals surface area contributed by atoms with Gasteiger partial charge in [0.1, 0.15) is 0 Å². The third kappa shape index (κ3) is 5.27. The van der Waals surface area contributed by atoms with Crippen LogP contribution in [-0.4, -0.2) is 0 Å². The van der Waals surface area contributed by atoms with Crippen LogP contribution in [0.25, 0.3) is 0 Å². The minimum Gasteiger partial charge on any atom is -0.202 e. The highest BCUT2D eigenvalue weighted by atomic mass is 14.3. The Labute approximate surface area is 89.5 Å². The van der Waals surface area contributed by atoms with Gasteiger partial charge in [0.25, 0.3) is 0 Å². The Bertz CT molecular complexity index is 143. The van der Waals surface area contributed by atoms with Gasteiger partial charge in [0, 0.05) is 6.57 Å². The summed E-state index contributed by atoms with van der Waals surface area (Å²) in [5.74, 6) is 0. The lowest BCUT2D eigenvalue weighted by Gasteiger charge is -2.33. The minimum atomic E-state index is 0.730. The van der Waals surface area contributed by atoms with Gasteiger partial charge in [-0.3, -0.25) is 0 Å². The van der Waals surface area contributed by atoms with E-state index in [0.717, 1.165) is 5.41 Å². The summed E-state index contributed by atoms with van der Waals surface area (Å²) in [7, 11) is 0. The van der Waals surface area contributed by atoms with Crippen molar-refractivity contribution in [2.75, 3.05) is 0 Å². The van der Waals surface area contributed by atoms with Gasteiger partial charge in [-0.05, 0) is 24.7 Å². The fourth-order valence-corrected chi connectivity index (χ4v) is 2.46. The van der Waals surface area contributed by atoms with Crippen molar-refractivity contribution in [2.45, 2.75) is 71.6 Å². The number of unbranched alkanes of at least 4 members (excludes halogenated alkanes) is 2. The van der Waals surface area contributed by atoms with Gasteiger partial charge in [-0.2, -0.15) is 0 Å². The number of hydrogen-bond acceptors (Lipinski definition) is 1. The summed E-state index contributed by atoms with van der Waals surface area (Å²) in [4.78, 5) is 0. The summed E-state index contributed by atoms with van der Waals surface area (Å²) >= 11 is 0. The van der Waals surface area contributed by atoms with Crippen molar-refractivity contribution >= 4 is 0 Å². The third-order valence-corrected chi connectivity index (χ3v) is 3.44. The Balaban J connectivity index is 0.000000791. The van der Waals surface area contributed by atoms with Crippen LogP contribution in [0.3, 0.4) is 0 Å². The topological polar surface area (TPSA) is 23.8 Å². The maximum Gasteiger partial charge on any atom is 0.0462 e. The van der Waals surface area contributed by atoms with Crippen LogP contribution in [0.1, 0.15) is 71.6 Å². The highest BCUT2D eigenvalue weighted by molar-refractivity contribution is 4.77. The zero-order valence-corrected chi connectivity index (χ0v) is 9.89. The number of nitrogens with zero attached hydrogens (tertiary/aromatic N) is 1. The zero-order chi connectivity index (χ0) is 10.9. The van der Waals surface area contributed by atoms with Crippen LogP contribution in [0.4, 0.5) is 0 Å². The molecule has 0 aliphatic heterocycles. The molecule has 0 N–H and O–H groups in total. The number of rotatable bonds is 4. The fraction of sp³-hybridized carbons (Fsp3) is 0.923. The molecule has 0 unspecified atom stereocenters. The molecule has 0 radical (unpaired) electrons. The second kappa shape index (κ2) is 7.85. The molecular weight excluding hydrogens is 170 g/mol. The van der Waals surface area contributed by atoms with Crippen LogP contribution in [0.15, 0.2) is 0 Å². The average Bonchev–Trinajstić information content (AvgIpc) is 2.22. The van der Waals surface area contributed by atoms with E-state index in [4.69, 9.17) is 5.26 Å². The Kier molecular flexibility index (Phi) is 7.57. The van der Waals surface area contributed by atoms with E-state index in [1.54, 1.807) is 0 Å². The Morgan fingerprint density at radius 3 is 2.14 bits per heavy atom. The smallest absolute Gasteiger partial charge is 0.0462 e. The molecule has 0 aromatic heterocycles. The van der Waals surface area contributed by atoms with Crippen molar-refractivity contribution in [3.63, 3.8) is 0 Å². The molecule has 0 heterocycles. The quantitative estimate of drug-likeness (QED) is 0.598. The molecule has 0 spiro atoms. The third-order valence-electron chi connectivity index (χ3n) is 3.44. The van der Waals surface area contributed by atoms with E-state index in [1.165, 1.54) is 57.8 Å². The molecule has 1 heteroatoms. The van der Waals surface area contributed by atoms with Gasteiger partial charge in [0.2, 0.25) is 0 Å². The zero-order valence-electron chi connectivity index (χ0n) is 9.89. The molecule has 14 heavy (non-hydrogen) atoms.